The SMILES string of the molecule is COC(=O)C(C)C(C)NCC1(O)CCCC1. The molecular formula is C12H23NO3. The first kappa shape index (κ1) is 13.5. The molecule has 2 unspecified atom stereocenters. The van der Waals surface area contributed by atoms with Crippen molar-refractivity contribution in [2.24, 2.45) is 5.92 Å². The Balaban J connectivity index is 2.34. The Morgan fingerprint density at radius 1 is 1.44 bits per heavy atom. The summed E-state index contributed by atoms with van der Waals surface area (Å²) in [6, 6.07) is 0.0251. The maximum atomic E-state index is 11.3. The number of rotatable bonds is 5. The molecule has 1 aliphatic rings. The molecule has 1 rings (SSSR count). The first-order valence-electron chi connectivity index (χ1n) is 6.02. The predicted molar refractivity (Wildman–Crippen MR) is 62.1 cm³/mol. The summed E-state index contributed by atoms with van der Waals surface area (Å²) < 4.78 is 4.69. The molecule has 0 spiro atoms. The second-order valence-corrected chi connectivity index (χ2v) is 4.91. The molecule has 0 bridgehead atoms. The van der Waals surface area contributed by atoms with Gasteiger partial charge in [-0.05, 0) is 19.8 Å². The van der Waals surface area contributed by atoms with Gasteiger partial charge in [0.1, 0.15) is 0 Å². The van der Waals surface area contributed by atoms with Gasteiger partial charge in [-0.2, -0.15) is 0 Å². The van der Waals surface area contributed by atoms with Crippen molar-refractivity contribution in [1.82, 2.24) is 5.32 Å². The second-order valence-electron chi connectivity index (χ2n) is 4.91. The van der Waals surface area contributed by atoms with Crippen LogP contribution < -0.4 is 5.32 Å². The fourth-order valence-corrected chi connectivity index (χ4v) is 2.13. The van der Waals surface area contributed by atoms with Crippen molar-refractivity contribution in [1.29, 1.82) is 0 Å². The summed E-state index contributed by atoms with van der Waals surface area (Å²) in [4.78, 5) is 11.3. The van der Waals surface area contributed by atoms with Gasteiger partial charge in [-0.25, -0.2) is 0 Å². The number of carbonyl (C=O) groups excluding carboxylic acids is 1. The normalized spacial score (nSPS) is 22.8. The summed E-state index contributed by atoms with van der Waals surface area (Å²) in [7, 11) is 1.40. The fourth-order valence-electron chi connectivity index (χ4n) is 2.13. The van der Waals surface area contributed by atoms with Crippen molar-refractivity contribution >= 4 is 5.97 Å². The van der Waals surface area contributed by atoms with Gasteiger partial charge in [0.2, 0.25) is 0 Å². The zero-order chi connectivity index (χ0) is 12.2. The van der Waals surface area contributed by atoms with Crippen LogP contribution in [0.25, 0.3) is 0 Å². The number of ether oxygens (including phenoxy) is 1. The number of aliphatic hydroxyl groups is 1. The molecule has 2 atom stereocenters. The van der Waals surface area contributed by atoms with E-state index in [1.54, 1.807) is 0 Å². The third kappa shape index (κ3) is 3.46. The minimum atomic E-state index is -0.565. The Kier molecular flexibility index (Phi) is 4.74. The van der Waals surface area contributed by atoms with Crippen molar-refractivity contribution in [2.75, 3.05) is 13.7 Å². The standard InChI is InChI=1S/C12H23NO3/c1-9(11(14)16-3)10(2)13-8-12(15)6-4-5-7-12/h9-10,13,15H,4-8H2,1-3H3. The van der Waals surface area contributed by atoms with Gasteiger partial charge in [0.15, 0.2) is 0 Å². The van der Waals surface area contributed by atoms with Gasteiger partial charge in [-0.1, -0.05) is 19.8 Å². The molecule has 0 aliphatic heterocycles. The van der Waals surface area contributed by atoms with E-state index in [-0.39, 0.29) is 17.9 Å². The Morgan fingerprint density at radius 2 is 2.00 bits per heavy atom. The van der Waals surface area contributed by atoms with Gasteiger partial charge in [-0.3, -0.25) is 4.79 Å². The summed E-state index contributed by atoms with van der Waals surface area (Å²) in [5.41, 5.74) is -0.565. The van der Waals surface area contributed by atoms with Crippen LogP contribution in [0.15, 0.2) is 0 Å². The van der Waals surface area contributed by atoms with Crippen molar-refractivity contribution in [2.45, 2.75) is 51.2 Å². The van der Waals surface area contributed by atoms with Crippen LogP contribution in [-0.2, 0) is 9.53 Å². The van der Waals surface area contributed by atoms with E-state index in [2.05, 4.69) is 10.1 Å². The van der Waals surface area contributed by atoms with Crippen LogP contribution in [0.1, 0.15) is 39.5 Å². The lowest BCUT2D eigenvalue weighted by molar-refractivity contribution is -0.145. The van der Waals surface area contributed by atoms with E-state index in [4.69, 9.17) is 0 Å². The average molecular weight is 229 g/mol. The fraction of sp³-hybridized carbons (Fsp3) is 0.917. The van der Waals surface area contributed by atoms with Crippen LogP contribution in [0.5, 0.6) is 0 Å². The van der Waals surface area contributed by atoms with E-state index in [0.29, 0.717) is 6.54 Å². The molecule has 0 aromatic heterocycles. The third-order valence-corrected chi connectivity index (χ3v) is 3.61. The molecule has 1 saturated carbocycles. The monoisotopic (exact) mass is 229 g/mol. The lowest BCUT2D eigenvalue weighted by Gasteiger charge is -2.27. The lowest BCUT2D eigenvalue weighted by Crippen LogP contribution is -2.45. The second kappa shape index (κ2) is 5.64. The van der Waals surface area contributed by atoms with E-state index in [0.717, 1.165) is 25.7 Å². The van der Waals surface area contributed by atoms with Crippen molar-refractivity contribution < 1.29 is 14.6 Å². The van der Waals surface area contributed by atoms with Gasteiger partial charge in [0.05, 0.1) is 18.6 Å². The molecule has 1 aliphatic carbocycles. The molecule has 16 heavy (non-hydrogen) atoms. The number of hydrogen-bond acceptors (Lipinski definition) is 4. The maximum absolute atomic E-state index is 11.3. The van der Waals surface area contributed by atoms with Crippen LogP contribution in [0.4, 0.5) is 0 Å². The van der Waals surface area contributed by atoms with Crippen LogP contribution in [0.2, 0.25) is 0 Å². The van der Waals surface area contributed by atoms with Gasteiger partial charge in [-0.15, -0.1) is 0 Å². The highest BCUT2D eigenvalue weighted by molar-refractivity contribution is 5.72. The quantitative estimate of drug-likeness (QED) is 0.693. The Hall–Kier alpha value is -0.610. The smallest absolute Gasteiger partial charge is 0.309 e. The molecular weight excluding hydrogens is 206 g/mol. The topological polar surface area (TPSA) is 58.6 Å². The molecule has 94 valence electrons. The summed E-state index contributed by atoms with van der Waals surface area (Å²) in [6.07, 6.45) is 3.91. The number of carbonyl (C=O) groups is 1. The van der Waals surface area contributed by atoms with Crippen LogP contribution in [0.3, 0.4) is 0 Å². The molecule has 0 aromatic rings. The molecule has 0 heterocycles. The Morgan fingerprint density at radius 3 is 2.50 bits per heavy atom. The van der Waals surface area contributed by atoms with Crippen LogP contribution in [0, 0.1) is 5.92 Å². The molecule has 1 fully saturated rings. The van der Waals surface area contributed by atoms with E-state index < -0.39 is 5.60 Å². The minimum absolute atomic E-state index is 0.0251. The molecule has 0 saturated heterocycles. The van der Waals surface area contributed by atoms with Crippen molar-refractivity contribution in [3.63, 3.8) is 0 Å². The summed E-state index contributed by atoms with van der Waals surface area (Å²) in [5.74, 6) is -0.395. The average Bonchev–Trinajstić information content (AvgIpc) is 2.71. The third-order valence-electron chi connectivity index (χ3n) is 3.61. The minimum Gasteiger partial charge on any atom is -0.469 e. The highest BCUT2D eigenvalue weighted by Crippen LogP contribution is 2.28. The Labute approximate surface area is 97.4 Å². The maximum Gasteiger partial charge on any atom is 0.309 e. The summed E-state index contributed by atoms with van der Waals surface area (Å²) in [6.45, 7) is 4.34. The zero-order valence-electron chi connectivity index (χ0n) is 10.5. The summed E-state index contributed by atoms with van der Waals surface area (Å²) >= 11 is 0. The molecule has 0 amide bonds. The van der Waals surface area contributed by atoms with E-state index in [1.165, 1.54) is 7.11 Å². The molecule has 0 radical (unpaired) electrons. The molecule has 2 N–H and O–H groups in total. The Bertz CT molecular complexity index is 236. The van der Waals surface area contributed by atoms with E-state index in [9.17, 15) is 9.90 Å². The van der Waals surface area contributed by atoms with E-state index in [1.807, 2.05) is 13.8 Å². The van der Waals surface area contributed by atoms with Gasteiger partial charge < -0.3 is 15.2 Å². The van der Waals surface area contributed by atoms with Crippen LogP contribution in [-0.4, -0.2) is 36.4 Å². The first-order chi connectivity index (χ1) is 7.48. The lowest BCUT2D eigenvalue weighted by atomic mass is 9.99. The van der Waals surface area contributed by atoms with Gasteiger partial charge in [0, 0.05) is 12.6 Å². The number of methoxy groups -OCH3 is 1. The predicted octanol–water partition coefficient (Wildman–Crippen LogP) is 1.08. The number of nitrogens with one attached hydrogen (secondary N) is 1. The van der Waals surface area contributed by atoms with Crippen molar-refractivity contribution in [3.8, 4) is 0 Å². The first-order valence-corrected chi connectivity index (χ1v) is 6.02. The van der Waals surface area contributed by atoms with Gasteiger partial charge in [0.25, 0.3) is 0 Å². The molecule has 4 heteroatoms. The molecule has 0 aromatic carbocycles. The van der Waals surface area contributed by atoms with Gasteiger partial charge >= 0.3 is 5.97 Å². The number of hydrogen-bond donors (Lipinski definition) is 2. The summed E-state index contributed by atoms with van der Waals surface area (Å²) in [5, 5.41) is 13.4. The molecule has 4 nitrogen and oxygen atoms in total. The largest absolute Gasteiger partial charge is 0.469 e. The van der Waals surface area contributed by atoms with Crippen molar-refractivity contribution in [3.05, 3.63) is 0 Å². The highest BCUT2D eigenvalue weighted by Gasteiger charge is 2.32. The highest BCUT2D eigenvalue weighted by atomic mass is 16.5. The van der Waals surface area contributed by atoms with Crippen LogP contribution >= 0.6 is 0 Å². The van der Waals surface area contributed by atoms with E-state index >= 15 is 0 Å². The zero-order valence-corrected chi connectivity index (χ0v) is 10.5. The number of esters is 1.